The first-order valence-electron chi connectivity index (χ1n) is 3.37. The van der Waals surface area contributed by atoms with E-state index in [0.717, 1.165) is 6.42 Å². The predicted molar refractivity (Wildman–Crippen MR) is 50.8 cm³/mol. The minimum atomic E-state index is 0. The van der Waals surface area contributed by atoms with Crippen LogP contribution in [0.1, 0.15) is 20.3 Å². The molecule has 0 radical (unpaired) electrons. The van der Waals surface area contributed by atoms with Crippen LogP contribution in [0.15, 0.2) is 0 Å². The fraction of sp³-hybridized carbons (Fsp3) is 1.00. The van der Waals surface area contributed by atoms with E-state index < -0.39 is 0 Å². The maximum Gasteiger partial charge on any atom is 0.000781 e. The molecule has 0 heterocycles. The maximum atomic E-state index is 5.29. The van der Waals surface area contributed by atoms with Gasteiger partial charge < -0.3 is 21.6 Å². The molecule has 6 N–H and O–H groups in total. The smallest absolute Gasteiger partial charge is 0.000781 e. The van der Waals surface area contributed by atoms with E-state index in [1.807, 2.05) is 33.0 Å². The molecule has 0 aromatic rings. The third kappa shape index (κ3) is 179. The summed E-state index contributed by atoms with van der Waals surface area (Å²) in [5.74, 6) is 0. The van der Waals surface area contributed by atoms with Gasteiger partial charge in [0.05, 0.1) is 0 Å². The van der Waals surface area contributed by atoms with Crippen molar-refractivity contribution in [1.29, 1.82) is 0 Å². The summed E-state index contributed by atoms with van der Waals surface area (Å²) >= 11 is 0. The molecule has 4 nitrogen and oxygen atoms in total. The van der Waals surface area contributed by atoms with Gasteiger partial charge in [-0.05, 0) is 34.5 Å². The van der Waals surface area contributed by atoms with Gasteiger partial charge in [-0.1, -0.05) is 6.92 Å². The lowest BCUT2D eigenvalue weighted by molar-refractivity contribution is 0.505. The van der Waals surface area contributed by atoms with Gasteiger partial charge in [0, 0.05) is 6.04 Å². The fourth-order valence-electron chi connectivity index (χ4n) is 0. The molecule has 0 bridgehead atoms. The van der Waals surface area contributed by atoms with Crippen LogP contribution >= 0.6 is 0 Å². The Hall–Kier alpha value is -0.160. The fourth-order valence-corrected chi connectivity index (χ4v) is 0. The van der Waals surface area contributed by atoms with Crippen molar-refractivity contribution in [2.45, 2.75) is 26.3 Å². The van der Waals surface area contributed by atoms with Crippen LogP contribution in [0, 0.1) is 0 Å². The van der Waals surface area contributed by atoms with Gasteiger partial charge in [0.15, 0.2) is 0 Å². The summed E-state index contributed by atoms with van der Waals surface area (Å²) in [4.78, 5) is 2.00. The summed E-state index contributed by atoms with van der Waals surface area (Å²) in [5.41, 5.74) is 5.29. The molecule has 0 spiro atoms. The summed E-state index contributed by atoms with van der Waals surface area (Å²) < 4.78 is 0. The number of hydrogen-bond donors (Lipinski definition) is 1. The van der Waals surface area contributed by atoms with Crippen molar-refractivity contribution in [3.05, 3.63) is 0 Å². The third-order valence-electron chi connectivity index (χ3n) is 0.644. The quantitative estimate of drug-likeness (QED) is 0.559. The summed E-state index contributed by atoms with van der Waals surface area (Å²) in [5, 5.41) is 0. The second kappa shape index (κ2) is 16.4. The Morgan fingerprint density at radius 1 is 1.18 bits per heavy atom. The highest BCUT2D eigenvalue weighted by atomic mass is 16.0. The first kappa shape index (κ1) is 22.4. The molecule has 1 atom stereocenters. The van der Waals surface area contributed by atoms with Gasteiger partial charge in [0.1, 0.15) is 0 Å². The average molecular weight is 168 g/mol. The van der Waals surface area contributed by atoms with Crippen molar-refractivity contribution < 1.29 is 11.0 Å². The zero-order valence-corrected chi connectivity index (χ0v) is 8.31. The van der Waals surface area contributed by atoms with Crippen molar-refractivity contribution in [2.24, 2.45) is 5.73 Å². The summed E-state index contributed by atoms with van der Waals surface area (Å²) in [6.45, 7) is 4.07. The van der Waals surface area contributed by atoms with Gasteiger partial charge in [-0.15, -0.1) is 0 Å². The van der Waals surface area contributed by atoms with Crippen LogP contribution in [0.25, 0.3) is 0 Å². The molecular weight excluding hydrogens is 144 g/mol. The third-order valence-corrected chi connectivity index (χ3v) is 0.644. The number of rotatable bonds is 1. The minimum Gasteiger partial charge on any atom is -0.412 e. The molecule has 1 unspecified atom stereocenters. The monoisotopic (exact) mass is 168 g/mol. The molecule has 0 saturated carbocycles. The molecular formula is C7H24N2O2. The van der Waals surface area contributed by atoms with E-state index in [4.69, 9.17) is 5.73 Å². The molecule has 0 fully saturated rings. The maximum absolute atomic E-state index is 5.29. The molecule has 0 aliphatic rings. The molecule has 0 saturated heterocycles. The molecule has 0 amide bonds. The summed E-state index contributed by atoms with van der Waals surface area (Å²) in [7, 11) is 6.00. The van der Waals surface area contributed by atoms with Crippen molar-refractivity contribution in [3.63, 3.8) is 0 Å². The van der Waals surface area contributed by atoms with E-state index >= 15 is 0 Å². The lowest BCUT2D eigenvalue weighted by Crippen LogP contribution is -2.11. The van der Waals surface area contributed by atoms with E-state index in [2.05, 4.69) is 6.92 Å². The highest BCUT2D eigenvalue weighted by Gasteiger charge is 1.79. The SMILES string of the molecule is CCC(C)N.CN(C)C.O.O. The standard InChI is InChI=1S/C4H11N.C3H9N.2H2O/c1-3-4(2)5;1-4(2)3;;/h4H,3,5H2,1-2H3;1-3H3;2*1H2. The van der Waals surface area contributed by atoms with Gasteiger partial charge in [-0.25, -0.2) is 0 Å². The molecule has 0 aliphatic heterocycles. The van der Waals surface area contributed by atoms with E-state index in [0.29, 0.717) is 6.04 Å². The molecule has 74 valence electrons. The molecule has 0 aromatic carbocycles. The Kier molecular flexibility index (Phi) is 33.5. The second-order valence-electron chi connectivity index (χ2n) is 2.73. The largest absolute Gasteiger partial charge is 0.412 e. The topological polar surface area (TPSA) is 92.3 Å². The van der Waals surface area contributed by atoms with Crippen molar-refractivity contribution in [3.8, 4) is 0 Å². The Morgan fingerprint density at radius 3 is 1.27 bits per heavy atom. The average Bonchev–Trinajstić information content (AvgIpc) is 1.65. The lowest BCUT2D eigenvalue weighted by atomic mass is 10.3. The predicted octanol–water partition coefficient (Wildman–Crippen LogP) is -0.728. The van der Waals surface area contributed by atoms with Crippen LogP contribution in [0.2, 0.25) is 0 Å². The molecule has 4 heteroatoms. The number of nitrogens with two attached hydrogens (primary N) is 1. The van der Waals surface area contributed by atoms with Gasteiger partial charge >= 0.3 is 0 Å². The van der Waals surface area contributed by atoms with E-state index in [-0.39, 0.29) is 11.0 Å². The van der Waals surface area contributed by atoms with Gasteiger partial charge in [-0.3, -0.25) is 0 Å². The van der Waals surface area contributed by atoms with Gasteiger partial charge in [-0.2, -0.15) is 0 Å². The van der Waals surface area contributed by atoms with Gasteiger partial charge in [0.25, 0.3) is 0 Å². The first-order valence-corrected chi connectivity index (χ1v) is 3.37. The van der Waals surface area contributed by atoms with Crippen LogP contribution in [0.3, 0.4) is 0 Å². The molecule has 0 rings (SSSR count). The summed E-state index contributed by atoms with van der Waals surface area (Å²) in [6, 6.07) is 0.384. The van der Waals surface area contributed by atoms with Crippen LogP contribution < -0.4 is 5.73 Å². The van der Waals surface area contributed by atoms with Crippen molar-refractivity contribution in [2.75, 3.05) is 21.1 Å². The first-order chi connectivity index (χ1) is 4.00. The van der Waals surface area contributed by atoms with E-state index in [1.54, 1.807) is 0 Å². The summed E-state index contributed by atoms with van der Waals surface area (Å²) in [6.07, 6.45) is 1.08. The molecule has 0 aromatic heterocycles. The van der Waals surface area contributed by atoms with Gasteiger partial charge in [0.2, 0.25) is 0 Å². The second-order valence-corrected chi connectivity index (χ2v) is 2.73. The highest BCUT2D eigenvalue weighted by molar-refractivity contribution is 4.43. The van der Waals surface area contributed by atoms with E-state index in [1.165, 1.54) is 0 Å². The van der Waals surface area contributed by atoms with Crippen LogP contribution in [0.4, 0.5) is 0 Å². The highest BCUT2D eigenvalue weighted by Crippen LogP contribution is 1.77. The van der Waals surface area contributed by atoms with Crippen LogP contribution in [-0.4, -0.2) is 43.0 Å². The van der Waals surface area contributed by atoms with Crippen molar-refractivity contribution in [1.82, 2.24) is 4.90 Å². The number of nitrogens with zero attached hydrogens (tertiary/aromatic N) is 1. The zero-order chi connectivity index (χ0) is 7.86. The minimum absolute atomic E-state index is 0. The Morgan fingerprint density at radius 2 is 1.27 bits per heavy atom. The van der Waals surface area contributed by atoms with Crippen LogP contribution in [-0.2, 0) is 0 Å². The van der Waals surface area contributed by atoms with E-state index in [9.17, 15) is 0 Å². The Labute approximate surface area is 70.0 Å². The normalized spacial score (nSPS) is 10.1. The molecule has 0 aliphatic carbocycles. The zero-order valence-electron chi connectivity index (χ0n) is 8.31. The Balaban J connectivity index is -0.0000000383. The Bertz CT molecular complexity index is 47.0. The number of hydrogen-bond acceptors (Lipinski definition) is 2. The lowest BCUT2D eigenvalue weighted by Gasteiger charge is -1.91. The van der Waals surface area contributed by atoms with Crippen molar-refractivity contribution >= 4 is 0 Å². The van der Waals surface area contributed by atoms with Crippen LogP contribution in [0.5, 0.6) is 0 Å². The molecule has 11 heavy (non-hydrogen) atoms.